The molecule has 0 saturated carbocycles. The molecule has 266 valence electrons. The minimum absolute atomic E-state index is 0.971. The third-order valence-corrected chi connectivity index (χ3v) is 10.3. The fourth-order valence-electron chi connectivity index (χ4n) is 7.41. The number of aryl methyl sites for hydroxylation is 4. The second kappa shape index (κ2) is 23.8. The predicted molar refractivity (Wildman–Crippen MR) is 212 cm³/mol. The number of hydrogen-bond donors (Lipinski definition) is 0. The van der Waals surface area contributed by atoms with Crippen LogP contribution in [0.1, 0.15) is 203 Å². The summed E-state index contributed by atoms with van der Waals surface area (Å²) in [6.45, 7) is 11.5. The first kappa shape index (κ1) is 40.0. The third kappa shape index (κ3) is 13.8. The maximum atomic E-state index is 12.2. The Bertz CT molecular complexity index is 1220. The smallest absolute Gasteiger partial charge is 0.210 e. The van der Waals surface area contributed by atoms with Gasteiger partial charge < -0.3 is 5.53 Å². The Labute approximate surface area is 297 Å². The fourth-order valence-corrected chi connectivity index (χ4v) is 7.41. The van der Waals surface area contributed by atoms with Crippen LogP contribution in [0.2, 0.25) is 0 Å². The second-order valence-electron chi connectivity index (χ2n) is 14.8. The molecule has 0 aromatic heterocycles. The van der Waals surface area contributed by atoms with E-state index in [2.05, 4.69) is 77.1 Å². The van der Waals surface area contributed by atoms with E-state index in [9.17, 15) is 5.53 Å². The van der Waals surface area contributed by atoms with Crippen molar-refractivity contribution in [1.29, 1.82) is 0 Å². The summed E-state index contributed by atoms with van der Waals surface area (Å²) in [6, 6.07) is 14.5. The molecule has 0 unspecified atom stereocenters. The van der Waals surface area contributed by atoms with Crippen LogP contribution in [0.15, 0.2) is 48.0 Å². The monoisotopic (exact) mass is 653 g/mol. The van der Waals surface area contributed by atoms with Crippen LogP contribution in [-0.2, 0) is 25.7 Å². The van der Waals surface area contributed by atoms with E-state index >= 15 is 0 Å². The highest BCUT2D eigenvalue weighted by Crippen LogP contribution is 2.39. The molecule has 0 bridgehead atoms. The Morgan fingerprint density at radius 1 is 0.396 bits per heavy atom. The lowest BCUT2D eigenvalue weighted by molar-refractivity contribution is -0.344. The number of benzene rings is 2. The first-order valence-electron chi connectivity index (χ1n) is 20.7. The van der Waals surface area contributed by atoms with Crippen LogP contribution in [0.3, 0.4) is 0 Å². The van der Waals surface area contributed by atoms with Crippen LogP contribution in [0.25, 0.3) is 16.9 Å². The van der Waals surface area contributed by atoms with Gasteiger partial charge in [0, 0.05) is 22.8 Å². The number of unbranched alkanes of at least 4 members (excludes halogenated alkanes) is 15. The largest absolute Gasteiger partial charge is 0.493 e. The SMILES string of the molecule is CCCCCCC1=C(c2cc(CCCCCC)cc(CCCCCC)c2)[N+](=[N-])C(c2cc(CCCCCC)cc(CCCCCC)c2)=C1. The fraction of sp³-hybridized carbons (Fsp3) is 0.652. The van der Waals surface area contributed by atoms with Crippen molar-refractivity contribution in [3.05, 3.63) is 87.0 Å². The van der Waals surface area contributed by atoms with E-state index in [4.69, 9.17) is 0 Å². The zero-order valence-corrected chi connectivity index (χ0v) is 32.1. The zero-order valence-electron chi connectivity index (χ0n) is 32.1. The van der Waals surface area contributed by atoms with Crippen LogP contribution in [0.4, 0.5) is 0 Å². The van der Waals surface area contributed by atoms with Gasteiger partial charge in [-0.15, -0.1) is 0 Å². The van der Waals surface area contributed by atoms with Gasteiger partial charge in [0.05, 0.1) is 0 Å². The highest BCUT2D eigenvalue weighted by molar-refractivity contribution is 5.79. The summed E-state index contributed by atoms with van der Waals surface area (Å²) >= 11 is 0. The maximum Gasteiger partial charge on any atom is 0.210 e. The van der Waals surface area contributed by atoms with E-state index in [1.165, 1.54) is 167 Å². The molecule has 2 heteroatoms. The van der Waals surface area contributed by atoms with Gasteiger partial charge in [-0.1, -0.05) is 143 Å². The van der Waals surface area contributed by atoms with Crippen molar-refractivity contribution >= 4 is 11.4 Å². The molecule has 0 amide bonds. The third-order valence-electron chi connectivity index (χ3n) is 10.3. The van der Waals surface area contributed by atoms with Gasteiger partial charge in [0.25, 0.3) is 0 Å². The number of rotatable bonds is 27. The van der Waals surface area contributed by atoms with E-state index in [0.717, 1.165) is 43.5 Å². The van der Waals surface area contributed by atoms with Gasteiger partial charge in [0.1, 0.15) is 0 Å². The molecule has 0 atom stereocenters. The summed E-state index contributed by atoms with van der Waals surface area (Å²) in [5.74, 6) is 0. The molecule has 2 nitrogen and oxygen atoms in total. The summed E-state index contributed by atoms with van der Waals surface area (Å²) < 4.78 is 1.59. The molecule has 0 aliphatic carbocycles. The summed E-state index contributed by atoms with van der Waals surface area (Å²) in [5.41, 5.74) is 23.6. The Hall–Kier alpha value is -2.48. The van der Waals surface area contributed by atoms with Crippen molar-refractivity contribution in [2.75, 3.05) is 0 Å². The van der Waals surface area contributed by atoms with Crippen LogP contribution in [0.5, 0.6) is 0 Å². The van der Waals surface area contributed by atoms with Crippen molar-refractivity contribution in [3.63, 3.8) is 0 Å². The average Bonchev–Trinajstić information content (AvgIpc) is 3.43. The molecule has 2 aromatic carbocycles. The zero-order chi connectivity index (χ0) is 34.4. The van der Waals surface area contributed by atoms with Gasteiger partial charge >= 0.3 is 0 Å². The van der Waals surface area contributed by atoms with E-state index < -0.39 is 0 Å². The lowest BCUT2D eigenvalue weighted by atomic mass is 9.94. The van der Waals surface area contributed by atoms with Gasteiger partial charge in [-0.05, 0) is 111 Å². The lowest BCUT2D eigenvalue weighted by Crippen LogP contribution is -2.05. The standard InChI is InChI=1S/C46H72N2/c1-6-11-16-21-26-38-31-39(27-22-17-12-7-2)34-43(33-38)45-37-42(30-25-20-15-10-5)46(48(45)47)44-35-40(28-23-18-13-8-3)32-41(36-44)29-24-19-14-9-4/h31-37H,6-30H2,1-5H3. The number of allylic oxidation sites excluding steroid dienone is 2. The molecule has 0 fully saturated rings. The summed E-state index contributed by atoms with van der Waals surface area (Å²) in [4.78, 5) is 0. The van der Waals surface area contributed by atoms with Crippen LogP contribution in [-0.4, -0.2) is 4.70 Å². The van der Waals surface area contributed by atoms with E-state index in [1.54, 1.807) is 4.70 Å². The van der Waals surface area contributed by atoms with Crippen LogP contribution >= 0.6 is 0 Å². The summed E-state index contributed by atoms with van der Waals surface area (Å²) in [7, 11) is 0. The topological polar surface area (TPSA) is 25.3 Å². The Balaban J connectivity index is 1.99. The van der Waals surface area contributed by atoms with Crippen molar-refractivity contribution in [1.82, 2.24) is 0 Å². The first-order valence-corrected chi connectivity index (χ1v) is 20.7. The number of nitrogens with zero attached hydrogens (tertiary/aromatic N) is 2. The van der Waals surface area contributed by atoms with Crippen molar-refractivity contribution in [3.8, 4) is 0 Å². The molecule has 3 rings (SSSR count). The Morgan fingerprint density at radius 2 is 0.729 bits per heavy atom. The quantitative estimate of drug-likeness (QED) is 0.0678. The highest BCUT2D eigenvalue weighted by atomic mass is 15.2. The predicted octanol–water partition coefficient (Wildman–Crippen LogP) is 14.9. The van der Waals surface area contributed by atoms with Gasteiger partial charge in [-0.25, -0.2) is 4.70 Å². The minimum atomic E-state index is 0.971. The average molecular weight is 653 g/mol. The van der Waals surface area contributed by atoms with Crippen molar-refractivity contribution in [2.24, 2.45) is 0 Å². The molecule has 0 spiro atoms. The molecule has 1 aliphatic rings. The van der Waals surface area contributed by atoms with Gasteiger partial charge in [0.15, 0.2) is 0 Å². The number of hydrogen-bond acceptors (Lipinski definition) is 0. The van der Waals surface area contributed by atoms with E-state index in [0.29, 0.717) is 0 Å². The van der Waals surface area contributed by atoms with E-state index in [1.807, 2.05) is 0 Å². The van der Waals surface area contributed by atoms with Gasteiger partial charge in [-0.2, -0.15) is 0 Å². The molecule has 0 radical (unpaired) electrons. The molecule has 0 N–H and O–H groups in total. The lowest BCUT2D eigenvalue weighted by Gasteiger charge is -2.15. The molecule has 1 aliphatic heterocycles. The van der Waals surface area contributed by atoms with Gasteiger partial charge in [0.2, 0.25) is 11.4 Å². The van der Waals surface area contributed by atoms with Crippen molar-refractivity contribution in [2.45, 2.75) is 195 Å². The minimum Gasteiger partial charge on any atom is -0.493 e. The first-order chi connectivity index (χ1) is 23.5. The Kier molecular flexibility index (Phi) is 19.8. The van der Waals surface area contributed by atoms with Gasteiger partial charge in [-0.3, -0.25) is 0 Å². The molecular weight excluding hydrogens is 581 g/mol. The maximum absolute atomic E-state index is 12.2. The Morgan fingerprint density at radius 3 is 1.08 bits per heavy atom. The molecule has 1 heterocycles. The summed E-state index contributed by atoms with van der Waals surface area (Å²) in [6.07, 6.45) is 33.3. The second-order valence-corrected chi connectivity index (χ2v) is 14.8. The highest BCUT2D eigenvalue weighted by Gasteiger charge is 2.29. The normalized spacial score (nSPS) is 13.2. The molecular formula is C46H72N2. The molecule has 48 heavy (non-hydrogen) atoms. The molecule has 2 aromatic rings. The van der Waals surface area contributed by atoms with Crippen molar-refractivity contribution < 1.29 is 4.70 Å². The summed E-state index contributed by atoms with van der Waals surface area (Å²) in [5, 5.41) is 0. The van der Waals surface area contributed by atoms with Crippen LogP contribution < -0.4 is 0 Å². The van der Waals surface area contributed by atoms with Crippen LogP contribution in [0, 0.1) is 0 Å². The molecule has 0 saturated heterocycles. The van der Waals surface area contributed by atoms with E-state index in [-0.39, 0.29) is 0 Å².